The number of fused-ring (bicyclic) bond motifs is 3. The van der Waals surface area contributed by atoms with Crippen LogP contribution in [-0.4, -0.2) is 32.6 Å². The van der Waals surface area contributed by atoms with E-state index >= 15 is 0 Å². The highest BCUT2D eigenvalue weighted by Gasteiger charge is 2.20. The molecule has 0 unspecified atom stereocenters. The summed E-state index contributed by atoms with van der Waals surface area (Å²) in [5.74, 6) is 0.111. The van der Waals surface area contributed by atoms with Gasteiger partial charge in [-0.05, 0) is 63.6 Å². The van der Waals surface area contributed by atoms with Crippen LogP contribution in [0.1, 0.15) is 49.1 Å². The zero-order chi connectivity index (χ0) is 19.0. The van der Waals surface area contributed by atoms with Crippen molar-refractivity contribution in [3.8, 4) is 0 Å². The Balaban J connectivity index is 1.50. The second-order valence-corrected chi connectivity index (χ2v) is 7.69. The van der Waals surface area contributed by atoms with Crippen LogP contribution in [0.25, 0.3) is 16.6 Å². The highest BCUT2D eigenvalue weighted by atomic mass is 16.1. The molecule has 1 aromatic carbocycles. The number of nitrogens with one attached hydrogen (secondary N) is 1. The maximum atomic E-state index is 12.4. The molecule has 0 radical (unpaired) electrons. The van der Waals surface area contributed by atoms with Gasteiger partial charge in [0.15, 0.2) is 5.65 Å². The van der Waals surface area contributed by atoms with Crippen molar-refractivity contribution in [2.75, 3.05) is 0 Å². The van der Waals surface area contributed by atoms with Gasteiger partial charge in [0.05, 0.1) is 5.52 Å². The van der Waals surface area contributed by atoms with Gasteiger partial charge in [0.1, 0.15) is 0 Å². The predicted molar refractivity (Wildman–Crippen MR) is 107 cm³/mol. The van der Waals surface area contributed by atoms with Crippen molar-refractivity contribution in [2.45, 2.75) is 64.5 Å². The maximum absolute atomic E-state index is 12.4. The largest absolute Gasteiger partial charge is 0.353 e. The van der Waals surface area contributed by atoms with Gasteiger partial charge in [0.25, 0.3) is 0 Å². The number of aryl methyl sites for hydroxylation is 2. The summed E-state index contributed by atoms with van der Waals surface area (Å²) in [4.78, 5) is 17.2. The van der Waals surface area contributed by atoms with Gasteiger partial charge < -0.3 is 11.1 Å². The Bertz CT molecular complexity index is 985. The standard InChI is InChI=1S/C21H27N5O/c1-13-17(11-12-20(27)24-16-9-7-15(22)8-10-16)14(2)26-21(23-13)18-5-3-4-6-19(18)25-26/h3-6,15-16H,7-12,22H2,1-2H3,(H,24,27). The zero-order valence-corrected chi connectivity index (χ0v) is 16.0. The number of carbonyl (C=O) groups is 1. The summed E-state index contributed by atoms with van der Waals surface area (Å²) in [5.41, 5.74) is 10.9. The molecule has 2 aromatic heterocycles. The number of hydrogen-bond donors (Lipinski definition) is 2. The molecule has 0 atom stereocenters. The molecule has 0 bridgehead atoms. The van der Waals surface area contributed by atoms with Crippen LogP contribution < -0.4 is 11.1 Å². The van der Waals surface area contributed by atoms with Gasteiger partial charge >= 0.3 is 0 Å². The third kappa shape index (κ3) is 3.54. The minimum absolute atomic E-state index is 0.111. The van der Waals surface area contributed by atoms with Crippen LogP contribution in [0, 0.1) is 13.8 Å². The molecule has 0 spiro atoms. The topological polar surface area (TPSA) is 85.3 Å². The summed E-state index contributed by atoms with van der Waals surface area (Å²) >= 11 is 0. The Morgan fingerprint density at radius 2 is 1.96 bits per heavy atom. The number of benzene rings is 1. The summed E-state index contributed by atoms with van der Waals surface area (Å²) in [6.45, 7) is 4.08. The number of nitrogens with zero attached hydrogens (tertiary/aromatic N) is 3. The van der Waals surface area contributed by atoms with Crippen LogP contribution in [0.4, 0.5) is 0 Å². The number of carbonyl (C=O) groups excluding carboxylic acids is 1. The van der Waals surface area contributed by atoms with Gasteiger partial charge in [0.2, 0.25) is 5.91 Å². The maximum Gasteiger partial charge on any atom is 0.220 e. The quantitative estimate of drug-likeness (QED) is 0.744. The average molecular weight is 365 g/mol. The molecule has 27 heavy (non-hydrogen) atoms. The summed E-state index contributed by atoms with van der Waals surface area (Å²) in [7, 11) is 0. The van der Waals surface area contributed by atoms with E-state index in [1.165, 1.54) is 0 Å². The van der Waals surface area contributed by atoms with Gasteiger partial charge in [-0.15, -0.1) is 0 Å². The molecule has 3 aromatic rings. The number of rotatable bonds is 4. The fourth-order valence-corrected chi connectivity index (χ4v) is 4.14. The molecule has 142 valence electrons. The van der Waals surface area contributed by atoms with Crippen molar-refractivity contribution in [1.82, 2.24) is 19.9 Å². The molecule has 4 rings (SSSR count). The summed E-state index contributed by atoms with van der Waals surface area (Å²) < 4.78 is 1.91. The highest BCUT2D eigenvalue weighted by Crippen LogP contribution is 2.23. The summed E-state index contributed by atoms with van der Waals surface area (Å²) in [6.07, 6.45) is 5.11. The van der Waals surface area contributed by atoms with Crippen LogP contribution in [0.5, 0.6) is 0 Å². The molecule has 1 fully saturated rings. The lowest BCUT2D eigenvalue weighted by Gasteiger charge is -2.26. The molecule has 1 aliphatic carbocycles. The van der Waals surface area contributed by atoms with Crippen LogP contribution in [0.15, 0.2) is 24.3 Å². The molecular formula is C21H27N5O. The lowest BCUT2D eigenvalue weighted by molar-refractivity contribution is -0.122. The Morgan fingerprint density at radius 3 is 2.74 bits per heavy atom. The first-order valence-electron chi connectivity index (χ1n) is 9.81. The molecule has 1 amide bonds. The van der Waals surface area contributed by atoms with E-state index in [-0.39, 0.29) is 11.9 Å². The molecule has 0 saturated heterocycles. The highest BCUT2D eigenvalue weighted by molar-refractivity contribution is 5.92. The lowest BCUT2D eigenvalue weighted by atomic mass is 9.91. The van der Waals surface area contributed by atoms with E-state index in [9.17, 15) is 4.79 Å². The van der Waals surface area contributed by atoms with Gasteiger partial charge in [-0.3, -0.25) is 4.79 Å². The first-order chi connectivity index (χ1) is 13.0. The van der Waals surface area contributed by atoms with E-state index in [0.717, 1.165) is 59.2 Å². The Kier molecular flexibility index (Phi) is 4.83. The fourth-order valence-electron chi connectivity index (χ4n) is 4.14. The van der Waals surface area contributed by atoms with Gasteiger partial charge in [-0.1, -0.05) is 12.1 Å². The third-order valence-corrected chi connectivity index (χ3v) is 5.76. The number of hydrogen-bond acceptors (Lipinski definition) is 4. The number of nitrogens with two attached hydrogens (primary N) is 1. The van der Waals surface area contributed by atoms with Crippen LogP contribution >= 0.6 is 0 Å². The van der Waals surface area contributed by atoms with E-state index in [4.69, 9.17) is 10.7 Å². The van der Waals surface area contributed by atoms with E-state index < -0.39 is 0 Å². The molecule has 0 aliphatic heterocycles. The van der Waals surface area contributed by atoms with Crippen LogP contribution in [0.2, 0.25) is 0 Å². The van der Waals surface area contributed by atoms with Crippen LogP contribution in [0.3, 0.4) is 0 Å². The molecule has 6 heteroatoms. The van der Waals surface area contributed by atoms with Gasteiger partial charge in [-0.2, -0.15) is 5.10 Å². The van der Waals surface area contributed by atoms with Crippen molar-refractivity contribution in [3.63, 3.8) is 0 Å². The molecule has 1 aliphatic rings. The van der Waals surface area contributed by atoms with Crippen molar-refractivity contribution >= 4 is 22.5 Å². The van der Waals surface area contributed by atoms with E-state index in [0.29, 0.717) is 18.9 Å². The average Bonchev–Trinajstić information content (AvgIpc) is 3.02. The summed E-state index contributed by atoms with van der Waals surface area (Å²) in [6, 6.07) is 8.62. The second kappa shape index (κ2) is 7.27. The van der Waals surface area contributed by atoms with Gasteiger partial charge in [0, 0.05) is 35.3 Å². The number of amides is 1. The minimum atomic E-state index is 0.111. The first kappa shape index (κ1) is 17.9. The third-order valence-electron chi connectivity index (χ3n) is 5.76. The molecule has 6 nitrogen and oxygen atoms in total. The smallest absolute Gasteiger partial charge is 0.220 e. The second-order valence-electron chi connectivity index (χ2n) is 7.69. The molecule has 3 N–H and O–H groups in total. The summed E-state index contributed by atoms with van der Waals surface area (Å²) in [5, 5.41) is 8.91. The molecule has 2 heterocycles. The van der Waals surface area contributed by atoms with E-state index in [1.54, 1.807) is 0 Å². The Hall–Kier alpha value is -2.47. The lowest BCUT2D eigenvalue weighted by Crippen LogP contribution is -2.40. The molecule has 1 saturated carbocycles. The minimum Gasteiger partial charge on any atom is -0.353 e. The molecular weight excluding hydrogens is 338 g/mol. The van der Waals surface area contributed by atoms with Crippen molar-refractivity contribution < 1.29 is 4.79 Å². The SMILES string of the molecule is Cc1nc2c3ccccc3nn2c(C)c1CCC(=O)NC1CCC(N)CC1. The van der Waals surface area contributed by atoms with Gasteiger partial charge in [-0.25, -0.2) is 9.50 Å². The van der Waals surface area contributed by atoms with Crippen LogP contribution in [-0.2, 0) is 11.2 Å². The van der Waals surface area contributed by atoms with Crippen molar-refractivity contribution in [1.29, 1.82) is 0 Å². The Morgan fingerprint density at radius 1 is 1.22 bits per heavy atom. The normalized spacial score (nSPS) is 20.3. The van der Waals surface area contributed by atoms with E-state index in [2.05, 4.69) is 17.3 Å². The number of aromatic nitrogens is 3. The van der Waals surface area contributed by atoms with Crippen molar-refractivity contribution in [3.05, 3.63) is 41.2 Å². The fraction of sp³-hybridized carbons (Fsp3) is 0.476. The monoisotopic (exact) mass is 365 g/mol. The van der Waals surface area contributed by atoms with Crippen molar-refractivity contribution in [2.24, 2.45) is 5.73 Å². The zero-order valence-electron chi connectivity index (χ0n) is 16.0. The predicted octanol–water partition coefficient (Wildman–Crippen LogP) is 2.82. The van der Waals surface area contributed by atoms with E-state index in [1.807, 2.05) is 35.7 Å². The first-order valence-corrected chi connectivity index (χ1v) is 9.81. The Labute approximate surface area is 159 Å².